The first kappa shape index (κ1) is 15.3. The molecule has 2 aromatic rings. The first-order chi connectivity index (χ1) is 10.5. The minimum absolute atomic E-state index is 0.423. The number of halogens is 2. The maximum atomic E-state index is 6.17. The van der Waals surface area contributed by atoms with Crippen LogP contribution in [0.25, 0.3) is 11.1 Å². The molecule has 22 heavy (non-hydrogen) atoms. The van der Waals surface area contributed by atoms with Crippen molar-refractivity contribution in [3.05, 3.63) is 33.9 Å². The summed E-state index contributed by atoms with van der Waals surface area (Å²) in [6.45, 7) is 4.79. The molecule has 3 rings (SSSR count). The van der Waals surface area contributed by atoms with Crippen molar-refractivity contribution in [2.75, 3.05) is 36.9 Å². The molecule has 116 valence electrons. The first-order valence-electron chi connectivity index (χ1n) is 6.98. The lowest BCUT2D eigenvalue weighted by Crippen LogP contribution is -2.37. The largest absolute Gasteiger partial charge is 0.383 e. The Morgan fingerprint density at radius 3 is 2.32 bits per heavy atom. The number of benzene rings is 1. The van der Waals surface area contributed by atoms with Crippen molar-refractivity contribution in [3.8, 4) is 11.1 Å². The van der Waals surface area contributed by atoms with Crippen LogP contribution in [-0.2, 0) is 4.74 Å². The van der Waals surface area contributed by atoms with E-state index in [2.05, 4.69) is 14.9 Å². The fraction of sp³-hybridized carbons (Fsp3) is 0.333. The zero-order valence-corrected chi connectivity index (χ0v) is 13.7. The molecule has 1 aliphatic rings. The molecule has 1 aromatic heterocycles. The molecule has 0 spiro atoms. The van der Waals surface area contributed by atoms with Gasteiger partial charge in [0.15, 0.2) is 0 Å². The van der Waals surface area contributed by atoms with E-state index in [4.69, 9.17) is 33.7 Å². The Kier molecular flexibility index (Phi) is 4.38. The number of hydrogen-bond acceptors (Lipinski definition) is 5. The van der Waals surface area contributed by atoms with Gasteiger partial charge in [0.2, 0.25) is 5.95 Å². The zero-order valence-electron chi connectivity index (χ0n) is 12.1. The summed E-state index contributed by atoms with van der Waals surface area (Å²) in [7, 11) is 0. The summed E-state index contributed by atoms with van der Waals surface area (Å²) in [4.78, 5) is 11.1. The second kappa shape index (κ2) is 6.28. The van der Waals surface area contributed by atoms with Crippen molar-refractivity contribution in [2.45, 2.75) is 6.92 Å². The number of anilines is 2. The maximum Gasteiger partial charge on any atom is 0.227 e. The van der Waals surface area contributed by atoms with Crippen molar-refractivity contribution in [1.29, 1.82) is 0 Å². The molecule has 1 fully saturated rings. The molecule has 2 heterocycles. The van der Waals surface area contributed by atoms with Crippen molar-refractivity contribution in [3.63, 3.8) is 0 Å². The molecule has 7 heteroatoms. The normalized spacial score (nSPS) is 15.1. The molecule has 0 bridgehead atoms. The number of nitrogen functional groups attached to an aromatic ring is 1. The molecule has 0 atom stereocenters. The Labute approximate surface area is 139 Å². The Bertz CT molecular complexity index is 659. The number of nitrogens with zero attached hydrogens (tertiary/aromatic N) is 3. The predicted octanol–water partition coefficient (Wildman–Crippen LogP) is 3.18. The van der Waals surface area contributed by atoms with E-state index in [-0.39, 0.29) is 0 Å². The van der Waals surface area contributed by atoms with Gasteiger partial charge in [-0.05, 0) is 30.7 Å². The van der Waals surface area contributed by atoms with E-state index in [1.165, 1.54) is 0 Å². The van der Waals surface area contributed by atoms with Gasteiger partial charge in [-0.25, -0.2) is 4.98 Å². The molecule has 0 aliphatic carbocycles. The van der Waals surface area contributed by atoms with Crippen LogP contribution in [0.5, 0.6) is 0 Å². The zero-order chi connectivity index (χ0) is 15.7. The number of rotatable bonds is 2. The number of aryl methyl sites for hydroxylation is 1. The highest BCUT2D eigenvalue weighted by molar-refractivity contribution is 6.35. The van der Waals surface area contributed by atoms with Crippen LogP contribution < -0.4 is 10.6 Å². The van der Waals surface area contributed by atoms with Crippen LogP contribution in [0.3, 0.4) is 0 Å². The molecule has 0 saturated carbocycles. The highest BCUT2D eigenvalue weighted by Gasteiger charge is 2.18. The minimum Gasteiger partial charge on any atom is -0.383 e. The van der Waals surface area contributed by atoms with Crippen LogP contribution in [0.4, 0.5) is 11.8 Å². The Morgan fingerprint density at radius 1 is 1.09 bits per heavy atom. The fourth-order valence-corrected chi connectivity index (χ4v) is 3.07. The lowest BCUT2D eigenvalue weighted by atomic mass is 10.1. The lowest BCUT2D eigenvalue weighted by molar-refractivity contribution is 0.122. The Morgan fingerprint density at radius 2 is 1.73 bits per heavy atom. The third-order valence-electron chi connectivity index (χ3n) is 3.55. The average Bonchev–Trinajstić information content (AvgIpc) is 2.46. The summed E-state index contributed by atoms with van der Waals surface area (Å²) in [6.07, 6.45) is 0. The molecule has 0 radical (unpaired) electrons. The highest BCUT2D eigenvalue weighted by Crippen LogP contribution is 2.33. The molecule has 1 saturated heterocycles. The van der Waals surface area contributed by atoms with Gasteiger partial charge < -0.3 is 15.4 Å². The van der Waals surface area contributed by atoms with E-state index < -0.39 is 0 Å². The Balaban J connectivity index is 2.02. The van der Waals surface area contributed by atoms with E-state index in [0.29, 0.717) is 35.0 Å². The molecule has 5 nitrogen and oxygen atoms in total. The van der Waals surface area contributed by atoms with E-state index in [1.54, 1.807) is 6.07 Å². The van der Waals surface area contributed by atoms with Crippen LogP contribution in [0, 0.1) is 6.92 Å². The second-order valence-corrected chi connectivity index (χ2v) is 6.00. The molecule has 1 aromatic carbocycles. The van der Waals surface area contributed by atoms with Gasteiger partial charge in [0.25, 0.3) is 0 Å². The van der Waals surface area contributed by atoms with E-state index >= 15 is 0 Å². The summed E-state index contributed by atoms with van der Waals surface area (Å²) in [5.41, 5.74) is 8.55. The molecule has 0 amide bonds. The topological polar surface area (TPSA) is 64.3 Å². The standard InChI is InChI=1S/C15H16Cl2N4O/c1-9-13(10-6-11(16)8-12(17)7-10)14(18)20-15(19-9)21-2-4-22-5-3-21/h6-8H,2-5H2,1H3,(H2,18,19,20). The molecule has 1 aliphatic heterocycles. The smallest absolute Gasteiger partial charge is 0.227 e. The predicted molar refractivity (Wildman–Crippen MR) is 89.7 cm³/mol. The van der Waals surface area contributed by atoms with E-state index in [9.17, 15) is 0 Å². The third-order valence-corrected chi connectivity index (χ3v) is 3.99. The summed E-state index contributed by atoms with van der Waals surface area (Å²) in [5.74, 6) is 1.06. The highest BCUT2D eigenvalue weighted by atomic mass is 35.5. The van der Waals surface area contributed by atoms with Crippen LogP contribution >= 0.6 is 23.2 Å². The fourth-order valence-electron chi connectivity index (χ4n) is 2.54. The van der Waals surface area contributed by atoms with Gasteiger partial charge in [0.1, 0.15) is 5.82 Å². The monoisotopic (exact) mass is 338 g/mol. The molecular weight excluding hydrogens is 323 g/mol. The van der Waals surface area contributed by atoms with Gasteiger partial charge >= 0.3 is 0 Å². The summed E-state index contributed by atoms with van der Waals surface area (Å²) in [6, 6.07) is 5.30. The maximum absolute atomic E-state index is 6.17. The summed E-state index contributed by atoms with van der Waals surface area (Å²) >= 11 is 12.1. The lowest BCUT2D eigenvalue weighted by Gasteiger charge is -2.27. The minimum atomic E-state index is 0.423. The van der Waals surface area contributed by atoms with Gasteiger partial charge in [-0.15, -0.1) is 0 Å². The molecule has 2 N–H and O–H groups in total. The average molecular weight is 339 g/mol. The van der Waals surface area contributed by atoms with Gasteiger partial charge in [0, 0.05) is 28.7 Å². The van der Waals surface area contributed by atoms with E-state index in [1.807, 2.05) is 19.1 Å². The van der Waals surface area contributed by atoms with Gasteiger partial charge in [-0.1, -0.05) is 23.2 Å². The van der Waals surface area contributed by atoms with Crippen LogP contribution in [0.2, 0.25) is 10.0 Å². The van der Waals surface area contributed by atoms with Crippen molar-refractivity contribution < 1.29 is 4.74 Å². The first-order valence-corrected chi connectivity index (χ1v) is 7.73. The van der Waals surface area contributed by atoms with Crippen LogP contribution in [0.1, 0.15) is 5.69 Å². The number of morpholine rings is 1. The molecular formula is C15H16Cl2N4O. The summed E-state index contributed by atoms with van der Waals surface area (Å²) < 4.78 is 5.34. The number of nitrogens with two attached hydrogens (primary N) is 1. The van der Waals surface area contributed by atoms with Crippen molar-refractivity contribution in [2.24, 2.45) is 0 Å². The van der Waals surface area contributed by atoms with Crippen molar-refractivity contribution >= 4 is 35.0 Å². The number of aromatic nitrogens is 2. The van der Waals surface area contributed by atoms with Crippen molar-refractivity contribution in [1.82, 2.24) is 9.97 Å². The number of ether oxygens (including phenoxy) is 1. The van der Waals surface area contributed by atoms with Gasteiger partial charge in [-0.2, -0.15) is 4.98 Å². The quantitative estimate of drug-likeness (QED) is 0.910. The Hall–Kier alpha value is -1.56. The van der Waals surface area contributed by atoms with E-state index in [0.717, 1.165) is 29.9 Å². The third kappa shape index (κ3) is 3.11. The molecule has 0 unspecified atom stereocenters. The van der Waals surface area contributed by atoms with Gasteiger partial charge in [-0.3, -0.25) is 0 Å². The van der Waals surface area contributed by atoms with Gasteiger partial charge in [0.05, 0.1) is 18.9 Å². The van der Waals surface area contributed by atoms with Crippen LogP contribution in [0.15, 0.2) is 18.2 Å². The SMILES string of the molecule is Cc1nc(N2CCOCC2)nc(N)c1-c1cc(Cl)cc(Cl)c1. The number of hydrogen-bond donors (Lipinski definition) is 1. The second-order valence-electron chi connectivity index (χ2n) is 5.13. The summed E-state index contributed by atoms with van der Waals surface area (Å²) in [5, 5.41) is 1.11. The van der Waals surface area contributed by atoms with Crippen LogP contribution in [-0.4, -0.2) is 36.3 Å².